The van der Waals surface area contributed by atoms with Gasteiger partial charge >= 0.3 is 0 Å². The minimum Gasteiger partial charge on any atom is -0.313 e. The minimum atomic E-state index is 0.589. The van der Waals surface area contributed by atoms with Gasteiger partial charge in [-0.15, -0.1) is 11.3 Å². The second-order valence-electron chi connectivity index (χ2n) is 5.08. The van der Waals surface area contributed by atoms with Gasteiger partial charge in [0.2, 0.25) is 0 Å². The van der Waals surface area contributed by atoms with Crippen molar-refractivity contribution in [3.8, 4) is 0 Å². The maximum absolute atomic E-state index is 4.58. The summed E-state index contributed by atoms with van der Waals surface area (Å²) in [6.45, 7) is 5.33. The largest absolute Gasteiger partial charge is 0.313 e. The van der Waals surface area contributed by atoms with Crippen LogP contribution in [-0.4, -0.2) is 28.6 Å². The van der Waals surface area contributed by atoms with E-state index >= 15 is 0 Å². The summed E-state index contributed by atoms with van der Waals surface area (Å²) in [5, 5.41) is 7.97. The highest BCUT2D eigenvalue weighted by atomic mass is 32.2. The van der Waals surface area contributed by atoms with Crippen molar-refractivity contribution in [1.82, 2.24) is 10.3 Å². The van der Waals surface area contributed by atoms with Crippen LogP contribution in [0.1, 0.15) is 43.3 Å². The molecule has 18 heavy (non-hydrogen) atoms. The molecule has 0 radical (unpaired) electrons. The van der Waals surface area contributed by atoms with Crippen LogP contribution in [0.4, 0.5) is 0 Å². The zero-order chi connectivity index (χ0) is 12.8. The lowest BCUT2D eigenvalue weighted by molar-refractivity contribution is 0.570. The number of aromatic nitrogens is 1. The molecule has 1 aromatic rings. The number of nitrogens with zero attached hydrogens (tertiary/aromatic N) is 1. The van der Waals surface area contributed by atoms with Gasteiger partial charge in [0.1, 0.15) is 0 Å². The number of hydrogen-bond donors (Lipinski definition) is 1. The quantitative estimate of drug-likeness (QED) is 0.827. The Bertz CT molecular complexity index is 345. The maximum Gasteiger partial charge on any atom is 0.0943 e. The van der Waals surface area contributed by atoms with Crippen molar-refractivity contribution in [3.05, 3.63) is 16.1 Å². The van der Waals surface area contributed by atoms with E-state index in [0.29, 0.717) is 6.04 Å². The number of thioether (sulfide) groups is 1. The number of rotatable bonds is 7. The van der Waals surface area contributed by atoms with E-state index < -0.39 is 0 Å². The van der Waals surface area contributed by atoms with Crippen molar-refractivity contribution < 1.29 is 0 Å². The number of nitrogens with one attached hydrogen (secondary N) is 1. The molecule has 0 aromatic carbocycles. The predicted octanol–water partition coefficient (Wildman–Crippen LogP) is 3.65. The van der Waals surface area contributed by atoms with Crippen LogP contribution in [0.3, 0.4) is 0 Å². The first-order chi connectivity index (χ1) is 8.78. The number of aryl methyl sites for hydroxylation is 1. The number of hydrogen-bond acceptors (Lipinski definition) is 4. The Hall–Kier alpha value is -0.0600. The van der Waals surface area contributed by atoms with Gasteiger partial charge in [-0.2, -0.15) is 11.8 Å². The van der Waals surface area contributed by atoms with Crippen LogP contribution in [0.25, 0.3) is 0 Å². The summed E-state index contributed by atoms with van der Waals surface area (Å²) in [4.78, 5) is 4.58. The lowest BCUT2D eigenvalue weighted by Gasteiger charge is -2.18. The molecule has 0 bridgehead atoms. The van der Waals surface area contributed by atoms with Crippen LogP contribution in [0.2, 0.25) is 0 Å². The summed E-state index contributed by atoms with van der Waals surface area (Å²) in [6.07, 6.45) is 6.83. The van der Waals surface area contributed by atoms with Crippen LogP contribution < -0.4 is 5.32 Å². The van der Waals surface area contributed by atoms with Gasteiger partial charge in [0.25, 0.3) is 0 Å². The standard InChI is InChI=1S/C14H24N2S2/c1-3-15-12(8-14-16-11(2)9-18-14)10-17-13-6-4-5-7-13/h9,12-13,15H,3-8,10H2,1-2H3. The van der Waals surface area contributed by atoms with Crippen LogP contribution in [0.5, 0.6) is 0 Å². The molecule has 1 atom stereocenters. The van der Waals surface area contributed by atoms with Crippen molar-refractivity contribution >= 4 is 23.1 Å². The normalized spacial score (nSPS) is 18.3. The van der Waals surface area contributed by atoms with E-state index in [1.165, 1.54) is 36.4 Å². The average Bonchev–Trinajstić information content (AvgIpc) is 2.98. The minimum absolute atomic E-state index is 0.589. The van der Waals surface area contributed by atoms with E-state index in [1.807, 2.05) is 0 Å². The van der Waals surface area contributed by atoms with E-state index in [4.69, 9.17) is 0 Å². The molecule has 0 spiro atoms. The lowest BCUT2D eigenvalue weighted by Crippen LogP contribution is -2.33. The number of likely N-dealkylation sites (N-methyl/N-ethyl adjacent to an activating group) is 1. The van der Waals surface area contributed by atoms with Gasteiger partial charge in [0.05, 0.1) is 5.01 Å². The molecular weight excluding hydrogens is 260 g/mol. The van der Waals surface area contributed by atoms with Gasteiger partial charge in [-0.3, -0.25) is 0 Å². The molecule has 4 heteroatoms. The van der Waals surface area contributed by atoms with E-state index in [-0.39, 0.29) is 0 Å². The summed E-state index contributed by atoms with van der Waals surface area (Å²) in [7, 11) is 0. The fourth-order valence-electron chi connectivity index (χ4n) is 2.49. The van der Waals surface area contributed by atoms with Gasteiger partial charge in [-0.05, 0) is 26.3 Å². The first-order valence-corrected chi connectivity index (χ1v) is 8.96. The summed E-state index contributed by atoms with van der Waals surface area (Å²) in [5.41, 5.74) is 1.16. The molecule has 1 aromatic heterocycles. The Kier molecular flexibility index (Phi) is 5.99. The van der Waals surface area contributed by atoms with E-state index in [9.17, 15) is 0 Å². The van der Waals surface area contributed by atoms with Gasteiger partial charge in [-0.1, -0.05) is 19.8 Å². The molecule has 0 amide bonds. The highest BCUT2D eigenvalue weighted by molar-refractivity contribution is 7.99. The monoisotopic (exact) mass is 284 g/mol. The third-order valence-electron chi connectivity index (χ3n) is 3.42. The first-order valence-electron chi connectivity index (χ1n) is 7.04. The summed E-state index contributed by atoms with van der Waals surface area (Å²) in [6, 6.07) is 0.589. The fraction of sp³-hybridized carbons (Fsp3) is 0.786. The second kappa shape index (κ2) is 7.51. The highest BCUT2D eigenvalue weighted by Crippen LogP contribution is 2.30. The Morgan fingerprint density at radius 1 is 1.50 bits per heavy atom. The maximum atomic E-state index is 4.58. The lowest BCUT2D eigenvalue weighted by atomic mass is 10.2. The third kappa shape index (κ3) is 4.56. The topological polar surface area (TPSA) is 24.9 Å². The van der Waals surface area contributed by atoms with Crippen molar-refractivity contribution in [2.24, 2.45) is 0 Å². The third-order valence-corrected chi connectivity index (χ3v) is 5.94. The van der Waals surface area contributed by atoms with E-state index in [1.54, 1.807) is 11.3 Å². The molecule has 0 aliphatic heterocycles. The van der Waals surface area contributed by atoms with Crippen LogP contribution in [-0.2, 0) is 6.42 Å². The van der Waals surface area contributed by atoms with Crippen molar-refractivity contribution in [3.63, 3.8) is 0 Å². The molecule has 0 saturated heterocycles. The molecule has 1 N–H and O–H groups in total. The van der Waals surface area contributed by atoms with Gasteiger partial charge in [0.15, 0.2) is 0 Å². The van der Waals surface area contributed by atoms with Crippen molar-refractivity contribution in [1.29, 1.82) is 0 Å². The molecule has 1 fully saturated rings. The highest BCUT2D eigenvalue weighted by Gasteiger charge is 2.18. The van der Waals surface area contributed by atoms with E-state index in [0.717, 1.165) is 23.9 Å². The Labute approximate surface area is 119 Å². The molecule has 2 rings (SSSR count). The molecule has 1 saturated carbocycles. The fourth-order valence-corrected chi connectivity index (χ4v) is 4.75. The van der Waals surface area contributed by atoms with Crippen LogP contribution in [0, 0.1) is 6.92 Å². The zero-order valence-corrected chi connectivity index (χ0v) is 13.1. The second-order valence-corrected chi connectivity index (χ2v) is 7.36. The van der Waals surface area contributed by atoms with Crippen LogP contribution in [0.15, 0.2) is 5.38 Å². The summed E-state index contributed by atoms with van der Waals surface area (Å²) < 4.78 is 0. The number of thiazole rings is 1. The summed E-state index contributed by atoms with van der Waals surface area (Å²) >= 11 is 3.97. The SMILES string of the molecule is CCNC(CSC1CCCC1)Cc1nc(C)cs1. The molecule has 1 aliphatic rings. The van der Waals surface area contributed by atoms with Crippen LogP contribution >= 0.6 is 23.1 Å². The molecule has 1 aliphatic carbocycles. The zero-order valence-electron chi connectivity index (χ0n) is 11.4. The average molecular weight is 284 g/mol. The predicted molar refractivity (Wildman–Crippen MR) is 82.7 cm³/mol. The van der Waals surface area contributed by atoms with Gasteiger partial charge < -0.3 is 5.32 Å². The molecule has 1 unspecified atom stereocenters. The summed E-state index contributed by atoms with van der Waals surface area (Å²) in [5.74, 6) is 1.23. The van der Waals surface area contributed by atoms with Crippen molar-refractivity contribution in [2.45, 2.75) is 57.2 Å². The Balaban J connectivity index is 1.79. The van der Waals surface area contributed by atoms with Gasteiger partial charge in [0, 0.05) is 34.5 Å². The van der Waals surface area contributed by atoms with Crippen molar-refractivity contribution in [2.75, 3.05) is 12.3 Å². The Morgan fingerprint density at radius 2 is 2.28 bits per heavy atom. The Morgan fingerprint density at radius 3 is 2.89 bits per heavy atom. The first kappa shape index (κ1) is 14.4. The van der Waals surface area contributed by atoms with Gasteiger partial charge in [-0.25, -0.2) is 4.98 Å². The molecule has 1 heterocycles. The molecular formula is C14H24N2S2. The smallest absolute Gasteiger partial charge is 0.0943 e. The van der Waals surface area contributed by atoms with E-state index in [2.05, 4.69) is 41.3 Å². The molecule has 102 valence electrons. The molecule has 2 nitrogen and oxygen atoms in total.